The highest BCUT2D eigenvalue weighted by molar-refractivity contribution is 7.11. The number of aromatic nitrogens is 1. The second-order valence-corrected chi connectivity index (χ2v) is 5.63. The minimum Gasteiger partial charge on any atom is -0.486 e. The summed E-state index contributed by atoms with van der Waals surface area (Å²) in [6, 6.07) is 8.10. The van der Waals surface area contributed by atoms with Gasteiger partial charge in [-0.05, 0) is 38.1 Å². The number of nitrogens with zero attached hydrogens (tertiary/aromatic N) is 1. The number of ether oxygens (including phenoxy) is 1. The van der Waals surface area contributed by atoms with Gasteiger partial charge >= 0.3 is 0 Å². The highest BCUT2D eigenvalue weighted by Crippen LogP contribution is 2.21. The van der Waals surface area contributed by atoms with E-state index in [-0.39, 0.29) is 0 Å². The van der Waals surface area contributed by atoms with E-state index in [1.165, 1.54) is 16.1 Å². The van der Waals surface area contributed by atoms with Gasteiger partial charge in [0.15, 0.2) is 0 Å². The molecule has 1 aromatic carbocycles. The van der Waals surface area contributed by atoms with Gasteiger partial charge in [0.05, 0.1) is 5.69 Å². The van der Waals surface area contributed by atoms with Crippen molar-refractivity contribution in [3.8, 4) is 5.75 Å². The number of hydrogen-bond donors (Lipinski definition) is 1. The second kappa shape index (κ2) is 6.68. The van der Waals surface area contributed by atoms with Gasteiger partial charge in [-0.1, -0.05) is 19.1 Å². The summed E-state index contributed by atoms with van der Waals surface area (Å²) >= 11 is 1.73. The van der Waals surface area contributed by atoms with Crippen molar-refractivity contribution in [2.45, 2.75) is 33.4 Å². The van der Waals surface area contributed by atoms with Crippen LogP contribution in [0.15, 0.2) is 24.3 Å². The molecule has 102 valence electrons. The minimum atomic E-state index is 0.546. The molecule has 0 bridgehead atoms. The lowest BCUT2D eigenvalue weighted by atomic mass is 10.2. The number of hydrogen-bond acceptors (Lipinski definition) is 4. The summed E-state index contributed by atoms with van der Waals surface area (Å²) in [5.74, 6) is 0.906. The summed E-state index contributed by atoms with van der Waals surface area (Å²) in [6.07, 6.45) is 0.970. The Morgan fingerprint density at radius 3 is 2.89 bits per heavy atom. The number of aryl methyl sites for hydroxylation is 2. The van der Waals surface area contributed by atoms with E-state index in [0.717, 1.165) is 23.7 Å². The Bertz CT molecular complexity index is 537. The van der Waals surface area contributed by atoms with Crippen molar-refractivity contribution in [3.63, 3.8) is 0 Å². The fraction of sp³-hybridized carbons (Fsp3) is 0.400. The molecule has 1 aromatic heterocycles. The van der Waals surface area contributed by atoms with Crippen LogP contribution in [0, 0.1) is 6.92 Å². The number of rotatable bonds is 6. The molecule has 19 heavy (non-hydrogen) atoms. The van der Waals surface area contributed by atoms with E-state index >= 15 is 0 Å². The average molecular weight is 276 g/mol. The van der Waals surface area contributed by atoms with Gasteiger partial charge in [-0.3, -0.25) is 0 Å². The molecule has 0 aliphatic carbocycles. The predicted molar refractivity (Wildman–Crippen MR) is 79.8 cm³/mol. The summed E-state index contributed by atoms with van der Waals surface area (Å²) < 4.78 is 5.79. The Balaban J connectivity index is 2.03. The van der Waals surface area contributed by atoms with E-state index in [1.54, 1.807) is 11.3 Å². The molecule has 0 aliphatic heterocycles. The summed E-state index contributed by atoms with van der Waals surface area (Å²) in [5, 5.41) is 4.23. The van der Waals surface area contributed by atoms with Crippen LogP contribution in [0.2, 0.25) is 0 Å². The first-order valence-electron chi connectivity index (χ1n) is 6.54. The highest BCUT2D eigenvalue weighted by Gasteiger charge is 2.09. The molecular weight excluding hydrogens is 256 g/mol. The molecule has 0 unspecified atom stereocenters. The van der Waals surface area contributed by atoms with Crippen LogP contribution in [0.25, 0.3) is 0 Å². The van der Waals surface area contributed by atoms with Crippen LogP contribution in [0.3, 0.4) is 0 Å². The van der Waals surface area contributed by atoms with E-state index in [4.69, 9.17) is 4.74 Å². The van der Waals surface area contributed by atoms with Crippen molar-refractivity contribution in [2.24, 2.45) is 0 Å². The maximum Gasteiger partial charge on any atom is 0.140 e. The molecule has 0 spiro atoms. The fourth-order valence-electron chi connectivity index (χ4n) is 1.92. The average Bonchev–Trinajstić information content (AvgIpc) is 2.79. The summed E-state index contributed by atoms with van der Waals surface area (Å²) in [6.45, 7) is 5.63. The quantitative estimate of drug-likeness (QED) is 0.879. The zero-order valence-electron chi connectivity index (χ0n) is 11.7. The molecule has 0 fully saturated rings. The lowest BCUT2D eigenvalue weighted by molar-refractivity contribution is 0.305. The third kappa shape index (κ3) is 3.78. The monoisotopic (exact) mass is 276 g/mol. The molecule has 0 aliphatic rings. The van der Waals surface area contributed by atoms with Gasteiger partial charge in [0, 0.05) is 11.4 Å². The van der Waals surface area contributed by atoms with Crippen LogP contribution < -0.4 is 10.1 Å². The largest absolute Gasteiger partial charge is 0.486 e. The molecule has 0 saturated carbocycles. The molecule has 3 nitrogen and oxygen atoms in total. The first-order chi connectivity index (χ1) is 9.22. The second-order valence-electron chi connectivity index (χ2n) is 4.47. The van der Waals surface area contributed by atoms with Crippen molar-refractivity contribution in [2.75, 3.05) is 7.05 Å². The Morgan fingerprint density at radius 2 is 2.21 bits per heavy atom. The molecule has 2 aromatic rings. The van der Waals surface area contributed by atoms with Gasteiger partial charge in [0.1, 0.15) is 17.4 Å². The number of nitrogens with one attached hydrogen (secondary N) is 1. The molecule has 0 saturated heterocycles. The van der Waals surface area contributed by atoms with Crippen LogP contribution in [0.1, 0.15) is 28.1 Å². The Labute approximate surface area is 118 Å². The van der Waals surface area contributed by atoms with Crippen LogP contribution in [0.4, 0.5) is 0 Å². The van der Waals surface area contributed by atoms with Crippen LogP contribution >= 0.6 is 11.3 Å². The van der Waals surface area contributed by atoms with Crippen molar-refractivity contribution in [3.05, 3.63) is 45.4 Å². The molecule has 0 radical (unpaired) electrons. The zero-order chi connectivity index (χ0) is 13.7. The normalized spacial score (nSPS) is 10.7. The van der Waals surface area contributed by atoms with Crippen LogP contribution in [0.5, 0.6) is 5.75 Å². The molecule has 2 rings (SSSR count). The van der Waals surface area contributed by atoms with Crippen molar-refractivity contribution in [1.82, 2.24) is 10.3 Å². The van der Waals surface area contributed by atoms with Gasteiger partial charge in [-0.2, -0.15) is 0 Å². The highest BCUT2D eigenvalue weighted by atomic mass is 32.1. The van der Waals surface area contributed by atoms with Gasteiger partial charge in [0.2, 0.25) is 0 Å². The Morgan fingerprint density at radius 1 is 1.37 bits per heavy atom. The van der Waals surface area contributed by atoms with Crippen LogP contribution in [-0.4, -0.2) is 12.0 Å². The lowest BCUT2D eigenvalue weighted by Gasteiger charge is -2.04. The molecular formula is C15H20N2OS. The lowest BCUT2D eigenvalue weighted by Crippen LogP contribution is -2.05. The molecule has 1 heterocycles. The maximum atomic E-state index is 5.79. The van der Waals surface area contributed by atoms with Gasteiger partial charge < -0.3 is 10.1 Å². The SMILES string of the molecule is CCc1nc(COc2cccc(C)c2)sc1CNC. The first-order valence-corrected chi connectivity index (χ1v) is 7.36. The van der Waals surface area contributed by atoms with Crippen LogP contribution in [-0.2, 0) is 19.6 Å². The van der Waals surface area contributed by atoms with E-state index < -0.39 is 0 Å². The van der Waals surface area contributed by atoms with Gasteiger partial charge in [-0.25, -0.2) is 4.98 Å². The van der Waals surface area contributed by atoms with Crippen molar-refractivity contribution in [1.29, 1.82) is 0 Å². The van der Waals surface area contributed by atoms with Crippen molar-refractivity contribution < 1.29 is 4.74 Å². The molecule has 4 heteroatoms. The topological polar surface area (TPSA) is 34.1 Å². The fourth-order valence-corrected chi connectivity index (χ4v) is 3.01. The Kier molecular flexibility index (Phi) is 4.93. The third-order valence-electron chi connectivity index (χ3n) is 2.85. The third-order valence-corrected chi connectivity index (χ3v) is 3.92. The predicted octanol–water partition coefficient (Wildman–Crippen LogP) is 3.31. The van der Waals surface area contributed by atoms with E-state index in [2.05, 4.69) is 30.2 Å². The van der Waals surface area contributed by atoms with Gasteiger partial charge in [-0.15, -0.1) is 11.3 Å². The summed E-state index contributed by atoms with van der Waals surface area (Å²) in [5.41, 5.74) is 2.39. The maximum absolute atomic E-state index is 5.79. The minimum absolute atomic E-state index is 0.546. The van der Waals surface area contributed by atoms with E-state index in [1.807, 2.05) is 25.2 Å². The van der Waals surface area contributed by atoms with Gasteiger partial charge in [0.25, 0.3) is 0 Å². The van der Waals surface area contributed by atoms with E-state index in [9.17, 15) is 0 Å². The summed E-state index contributed by atoms with van der Waals surface area (Å²) in [4.78, 5) is 5.95. The standard InChI is InChI=1S/C15H20N2OS/c1-4-13-14(9-16-3)19-15(17-13)10-18-12-7-5-6-11(2)8-12/h5-8,16H,4,9-10H2,1-3H3. The Hall–Kier alpha value is -1.39. The summed E-state index contributed by atoms with van der Waals surface area (Å²) in [7, 11) is 1.96. The zero-order valence-corrected chi connectivity index (χ0v) is 12.5. The smallest absolute Gasteiger partial charge is 0.140 e. The van der Waals surface area contributed by atoms with Crippen molar-refractivity contribution >= 4 is 11.3 Å². The molecule has 0 atom stereocenters. The molecule has 0 amide bonds. The first kappa shape index (κ1) is 14.0. The van der Waals surface area contributed by atoms with E-state index in [0.29, 0.717) is 6.61 Å². The number of benzene rings is 1. The molecule has 1 N–H and O–H groups in total. The number of thiazole rings is 1.